The summed E-state index contributed by atoms with van der Waals surface area (Å²) in [6.07, 6.45) is 1.74. The number of halogens is 2. The summed E-state index contributed by atoms with van der Waals surface area (Å²) in [5, 5.41) is 7.18. The van der Waals surface area contributed by atoms with Crippen LogP contribution in [0, 0.1) is 6.92 Å². The van der Waals surface area contributed by atoms with Gasteiger partial charge in [-0.1, -0.05) is 41.4 Å². The van der Waals surface area contributed by atoms with Gasteiger partial charge in [-0.25, -0.2) is 4.99 Å². The zero-order chi connectivity index (χ0) is 24.1. The Bertz CT molecular complexity index is 1310. The zero-order valence-corrected chi connectivity index (χ0v) is 20.3. The molecule has 1 fully saturated rings. The molecule has 0 spiro atoms. The van der Waals surface area contributed by atoms with Crippen molar-refractivity contribution in [3.8, 4) is 5.75 Å². The Morgan fingerprint density at radius 2 is 1.91 bits per heavy atom. The number of carbonyl (C=O) groups excluding carboxylic acids is 2. The number of aliphatic imine (C=N–C) groups is 1. The quantitative estimate of drug-likeness (QED) is 0.385. The minimum atomic E-state index is -0.308. The van der Waals surface area contributed by atoms with Crippen LogP contribution in [0.5, 0.6) is 5.75 Å². The Balaban J connectivity index is 1.38. The van der Waals surface area contributed by atoms with Crippen LogP contribution in [0.3, 0.4) is 0 Å². The van der Waals surface area contributed by atoms with E-state index < -0.39 is 0 Å². The lowest BCUT2D eigenvalue weighted by molar-refractivity contribution is -0.118. The first kappa shape index (κ1) is 23.9. The zero-order valence-electron chi connectivity index (χ0n) is 18.0. The molecule has 0 unspecified atom stereocenters. The lowest BCUT2D eigenvalue weighted by Gasteiger charge is -2.09. The highest BCUT2D eigenvalue weighted by Crippen LogP contribution is 2.29. The van der Waals surface area contributed by atoms with Crippen molar-refractivity contribution in [1.82, 2.24) is 5.32 Å². The van der Waals surface area contributed by atoms with E-state index in [0.717, 1.165) is 11.1 Å². The molecule has 1 aliphatic rings. The number of aryl methyl sites for hydroxylation is 1. The summed E-state index contributed by atoms with van der Waals surface area (Å²) >= 11 is 13.2. The number of nitrogens with zero attached hydrogens (tertiary/aromatic N) is 1. The first-order chi connectivity index (χ1) is 16.4. The van der Waals surface area contributed by atoms with Gasteiger partial charge in [0.1, 0.15) is 5.75 Å². The highest BCUT2D eigenvalue weighted by molar-refractivity contribution is 8.18. The van der Waals surface area contributed by atoms with Crippen molar-refractivity contribution in [3.63, 3.8) is 0 Å². The van der Waals surface area contributed by atoms with E-state index in [1.54, 1.807) is 60.7 Å². The molecule has 1 saturated heterocycles. The largest absolute Gasteiger partial charge is 0.484 e. The van der Waals surface area contributed by atoms with Gasteiger partial charge in [0.2, 0.25) is 0 Å². The molecule has 0 saturated carbocycles. The van der Waals surface area contributed by atoms with Gasteiger partial charge in [-0.15, -0.1) is 0 Å². The third-order valence-corrected chi connectivity index (χ3v) is 6.26. The maximum absolute atomic E-state index is 12.4. The second-order valence-corrected chi connectivity index (χ2v) is 9.21. The Labute approximate surface area is 211 Å². The molecule has 0 radical (unpaired) electrons. The second kappa shape index (κ2) is 10.8. The summed E-state index contributed by atoms with van der Waals surface area (Å²) in [5.74, 6) is -0.0393. The van der Waals surface area contributed by atoms with Gasteiger partial charge >= 0.3 is 0 Å². The molecule has 3 aromatic carbocycles. The smallest absolute Gasteiger partial charge is 0.264 e. The van der Waals surface area contributed by atoms with Crippen LogP contribution in [-0.2, 0) is 9.59 Å². The molecule has 6 nitrogen and oxygen atoms in total. The molecule has 34 heavy (non-hydrogen) atoms. The fourth-order valence-corrected chi connectivity index (χ4v) is 4.12. The highest BCUT2D eigenvalue weighted by Gasteiger charge is 2.23. The summed E-state index contributed by atoms with van der Waals surface area (Å²) in [5.41, 5.74) is 2.98. The maximum atomic E-state index is 12.4. The van der Waals surface area contributed by atoms with Gasteiger partial charge in [-0.3, -0.25) is 9.59 Å². The minimum absolute atomic E-state index is 0.168. The SMILES string of the molecule is Cc1ccc(NC(=O)COc2cccc(/C=C3\SC(=Nc4ccc(Cl)cc4)NC3=O)c2)cc1Cl. The third-order valence-electron chi connectivity index (χ3n) is 4.69. The van der Waals surface area contributed by atoms with Crippen LogP contribution in [0.25, 0.3) is 6.08 Å². The van der Waals surface area contributed by atoms with Gasteiger partial charge in [0.15, 0.2) is 11.8 Å². The molecule has 0 aliphatic carbocycles. The summed E-state index contributed by atoms with van der Waals surface area (Å²) in [4.78, 5) is 29.5. The molecule has 1 aliphatic heterocycles. The van der Waals surface area contributed by atoms with Crippen molar-refractivity contribution >= 4 is 69.4 Å². The van der Waals surface area contributed by atoms with Gasteiger partial charge in [-0.2, -0.15) is 0 Å². The fourth-order valence-electron chi connectivity index (χ4n) is 2.98. The Morgan fingerprint density at radius 1 is 1.12 bits per heavy atom. The predicted molar refractivity (Wildman–Crippen MR) is 139 cm³/mol. The van der Waals surface area contributed by atoms with E-state index >= 15 is 0 Å². The van der Waals surface area contributed by atoms with E-state index in [4.69, 9.17) is 27.9 Å². The number of ether oxygens (including phenoxy) is 1. The molecule has 2 N–H and O–H groups in total. The van der Waals surface area contributed by atoms with E-state index in [1.807, 2.05) is 19.1 Å². The van der Waals surface area contributed by atoms with Crippen LogP contribution in [-0.4, -0.2) is 23.6 Å². The van der Waals surface area contributed by atoms with Gasteiger partial charge in [0.25, 0.3) is 11.8 Å². The molecule has 0 atom stereocenters. The molecule has 2 amide bonds. The summed E-state index contributed by atoms with van der Waals surface area (Å²) in [6.45, 7) is 1.72. The topological polar surface area (TPSA) is 79.8 Å². The van der Waals surface area contributed by atoms with Crippen molar-refractivity contribution in [3.05, 3.63) is 92.8 Å². The fraction of sp³-hybridized carbons (Fsp3) is 0.0800. The number of anilines is 1. The number of nitrogens with one attached hydrogen (secondary N) is 2. The minimum Gasteiger partial charge on any atom is -0.484 e. The predicted octanol–water partition coefficient (Wildman–Crippen LogP) is 6.21. The number of rotatable bonds is 6. The number of hydrogen-bond acceptors (Lipinski definition) is 5. The first-order valence-corrected chi connectivity index (χ1v) is 11.8. The average molecular weight is 512 g/mol. The van der Waals surface area contributed by atoms with Crippen LogP contribution >= 0.6 is 35.0 Å². The molecular weight excluding hydrogens is 493 g/mol. The normalized spacial score (nSPS) is 15.4. The summed E-state index contributed by atoms with van der Waals surface area (Å²) < 4.78 is 5.62. The molecule has 0 aromatic heterocycles. The standard InChI is InChI=1S/C25H19Cl2N3O3S/c1-15-5-8-19(13-21(15)27)28-23(31)14-33-20-4-2-3-16(11-20)12-22-24(32)30-25(34-22)29-18-9-6-17(26)7-10-18/h2-13H,14H2,1H3,(H,28,31)(H,29,30,32)/b22-12-. The van der Waals surface area contributed by atoms with Gasteiger partial charge < -0.3 is 15.4 Å². The number of benzene rings is 3. The molecular formula is C25H19Cl2N3O3S. The lowest BCUT2D eigenvalue weighted by Crippen LogP contribution is -2.20. The van der Waals surface area contributed by atoms with Crippen LogP contribution < -0.4 is 15.4 Å². The molecule has 4 rings (SSSR count). The molecule has 172 valence electrons. The Kier molecular flexibility index (Phi) is 7.57. The van der Waals surface area contributed by atoms with Crippen LogP contribution in [0.2, 0.25) is 10.0 Å². The van der Waals surface area contributed by atoms with Crippen LogP contribution in [0.4, 0.5) is 11.4 Å². The van der Waals surface area contributed by atoms with E-state index in [9.17, 15) is 9.59 Å². The van der Waals surface area contributed by atoms with E-state index in [1.165, 1.54) is 11.8 Å². The van der Waals surface area contributed by atoms with Crippen molar-refractivity contribution in [2.75, 3.05) is 11.9 Å². The second-order valence-electron chi connectivity index (χ2n) is 7.33. The van der Waals surface area contributed by atoms with Crippen molar-refractivity contribution in [2.45, 2.75) is 6.92 Å². The van der Waals surface area contributed by atoms with Gasteiger partial charge in [-0.05, 0) is 84.4 Å². The number of thioether (sulfide) groups is 1. The Hall–Kier alpha value is -3.26. The van der Waals surface area contributed by atoms with Gasteiger partial charge in [0, 0.05) is 15.7 Å². The number of amides is 2. The van der Waals surface area contributed by atoms with Gasteiger partial charge in [0.05, 0.1) is 10.6 Å². The van der Waals surface area contributed by atoms with Crippen molar-refractivity contribution < 1.29 is 14.3 Å². The first-order valence-electron chi connectivity index (χ1n) is 10.2. The number of amidine groups is 1. The third kappa shape index (κ3) is 6.41. The van der Waals surface area contributed by atoms with Crippen molar-refractivity contribution in [2.24, 2.45) is 4.99 Å². The van der Waals surface area contributed by atoms with E-state index in [0.29, 0.717) is 37.2 Å². The van der Waals surface area contributed by atoms with Crippen molar-refractivity contribution in [1.29, 1.82) is 0 Å². The summed E-state index contributed by atoms with van der Waals surface area (Å²) in [6, 6.07) is 19.5. The average Bonchev–Trinajstić information content (AvgIpc) is 3.15. The molecule has 0 bridgehead atoms. The number of hydrogen-bond donors (Lipinski definition) is 2. The maximum Gasteiger partial charge on any atom is 0.264 e. The van der Waals surface area contributed by atoms with E-state index in [2.05, 4.69) is 15.6 Å². The molecule has 3 aromatic rings. The Morgan fingerprint density at radius 3 is 2.68 bits per heavy atom. The molecule has 1 heterocycles. The summed E-state index contributed by atoms with van der Waals surface area (Å²) in [7, 11) is 0. The number of carbonyl (C=O) groups is 2. The van der Waals surface area contributed by atoms with Crippen LogP contribution in [0.15, 0.2) is 76.6 Å². The highest BCUT2D eigenvalue weighted by atomic mass is 35.5. The monoisotopic (exact) mass is 511 g/mol. The lowest BCUT2D eigenvalue weighted by atomic mass is 10.2. The van der Waals surface area contributed by atoms with E-state index in [-0.39, 0.29) is 18.4 Å². The molecule has 9 heteroatoms. The van der Waals surface area contributed by atoms with Crippen LogP contribution in [0.1, 0.15) is 11.1 Å².